The highest BCUT2D eigenvalue weighted by atomic mass is 15.6. The van der Waals surface area contributed by atoms with Gasteiger partial charge in [0.25, 0.3) is 0 Å². The fraction of sp³-hybridized carbons (Fsp3) is 0.875. The molecule has 0 aromatic carbocycles. The van der Waals surface area contributed by atoms with E-state index in [0.29, 0.717) is 6.04 Å². The van der Waals surface area contributed by atoms with Crippen LogP contribution in [0.3, 0.4) is 0 Å². The Morgan fingerprint density at radius 2 is 2.31 bits per heavy atom. The van der Waals surface area contributed by atoms with Crippen molar-refractivity contribution >= 4 is 5.95 Å². The largest absolute Gasteiger partial charge is 0.350 e. The van der Waals surface area contributed by atoms with Crippen LogP contribution in [0.5, 0.6) is 0 Å². The summed E-state index contributed by atoms with van der Waals surface area (Å²) in [6.07, 6.45) is 3.77. The minimum Gasteiger partial charge on any atom is -0.350 e. The molecule has 1 heterocycles. The Morgan fingerprint density at radius 3 is 2.85 bits per heavy atom. The zero-order valence-electron chi connectivity index (χ0n) is 8.06. The Hall–Kier alpha value is -1.13. The lowest BCUT2D eigenvalue weighted by Crippen LogP contribution is -2.18. The molecule has 1 aliphatic carbocycles. The van der Waals surface area contributed by atoms with Crippen LogP contribution in [0.2, 0.25) is 0 Å². The van der Waals surface area contributed by atoms with Crippen LogP contribution in [0.4, 0.5) is 5.95 Å². The van der Waals surface area contributed by atoms with Gasteiger partial charge in [-0.15, -0.1) is 0 Å². The smallest absolute Gasteiger partial charge is 0.242 e. The summed E-state index contributed by atoms with van der Waals surface area (Å²) in [6, 6.07) is 0.555. The molecule has 2 unspecified atom stereocenters. The zero-order chi connectivity index (χ0) is 9.26. The van der Waals surface area contributed by atoms with Crippen molar-refractivity contribution in [3.63, 3.8) is 0 Å². The van der Waals surface area contributed by atoms with Crippen LogP contribution < -0.4 is 5.32 Å². The van der Waals surface area contributed by atoms with E-state index in [1.807, 2.05) is 7.05 Å². The van der Waals surface area contributed by atoms with Gasteiger partial charge in [0.2, 0.25) is 5.95 Å². The molecule has 0 bridgehead atoms. The third kappa shape index (κ3) is 1.79. The average Bonchev–Trinajstić information content (AvgIpc) is 2.64. The Morgan fingerprint density at radius 1 is 1.46 bits per heavy atom. The minimum atomic E-state index is 0.555. The fourth-order valence-corrected chi connectivity index (χ4v) is 1.87. The van der Waals surface area contributed by atoms with Crippen LogP contribution in [0.25, 0.3) is 0 Å². The SMILES string of the molecule is CC1CCC(Nc2nnnn2C)C1. The maximum Gasteiger partial charge on any atom is 0.242 e. The molecule has 1 aromatic heterocycles. The van der Waals surface area contributed by atoms with Gasteiger partial charge in [0.1, 0.15) is 0 Å². The van der Waals surface area contributed by atoms with Gasteiger partial charge in [0.05, 0.1) is 0 Å². The third-order valence-corrected chi connectivity index (χ3v) is 2.65. The van der Waals surface area contributed by atoms with Crippen molar-refractivity contribution in [3.05, 3.63) is 0 Å². The van der Waals surface area contributed by atoms with Gasteiger partial charge in [0.15, 0.2) is 0 Å². The molecule has 1 N–H and O–H groups in total. The molecule has 0 radical (unpaired) electrons. The van der Waals surface area contributed by atoms with Crippen LogP contribution in [0.15, 0.2) is 0 Å². The first-order valence-corrected chi connectivity index (χ1v) is 4.74. The maximum atomic E-state index is 3.90. The van der Waals surface area contributed by atoms with Crippen molar-refractivity contribution in [3.8, 4) is 0 Å². The molecule has 1 fully saturated rings. The topological polar surface area (TPSA) is 55.6 Å². The van der Waals surface area contributed by atoms with E-state index in [-0.39, 0.29) is 0 Å². The van der Waals surface area contributed by atoms with E-state index < -0.39 is 0 Å². The van der Waals surface area contributed by atoms with Crippen molar-refractivity contribution < 1.29 is 0 Å². The average molecular weight is 181 g/mol. The second-order valence-corrected chi connectivity index (χ2v) is 3.89. The highest BCUT2D eigenvalue weighted by molar-refractivity contribution is 5.23. The fourth-order valence-electron chi connectivity index (χ4n) is 1.87. The minimum absolute atomic E-state index is 0.555. The van der Waals surface area contributed by atoms with Gasteiger partial charge < -0.3 is 5.32 Å². The predicted octanol–water partition coefficient (Wildman–Crippen LogP) is 0.811. The Labute approximate surface area is 77.5 Å². The molecule has 1 aromatic rings. The molecule has 2 atom stereocenters. The summed E-state index contributed by atoms with van der Waals surface area (Å²) >= 11 is 0. The lowest BCUT2D eigenvalue weighted by Gasteiger charge is -2.11. The third-order valence-electron chi connectivity index (χ3n) is 2.65. The summed E-state index contributed by atoms with van der Waals surface area (Å²) in [5.41, 5.74) is 0. The molecule has 1 aliphatic rings. The number of nitrogens with one attached hydrogen (secondary N) is 1. The summed E-state index contributed by atoms with van der Waals surface area (Å²) in [5.74, 6) is 1.61. The molecule has 0 spiro atoms. The number of nitrogens with zero attached hydrogens (tertiary/aromatic N) is 4. The number of rotatable bonds is 2. The van der Waals surface area contributed by atoms with Crippen molar-refractivity contribution in [1.82, 2.24) is 20.2 Å². The van der Waals surface area contributed by atoms with E-state index in [1.165, 1.54) is 19.3 Å². The van der Waals surface area contributed by atoms with Crippen molar-refractivity contribution in [2.45, 2.75) is 32.2 Å². The van der Waals surface area contributed by atoms with Gasteiger partial charge >= 0.3 is 0 Å². The van der Waals surface area contributed by atoms with Crippen LogP contribution >= 0.6 is 0 Å². The summed E-state index contributed by atoms with van der Waals surface area (Å²) in [7, 11) is 1.85. The first kappa shape index (κ1) is 8.47. The van der Waals surface area contributed by atoms with Crippen LogP contribution in [0, 0.1) is 5.92 Å². The quantitative estimate of drug-likeness (QED) is 0.733. The normalized spacial score (nSPS) is 27.8. The molecule has 13 heavy (non-hydrogen) atoms. The van der Waals surface area contributed by atoms with E-state index in [2.05, 4.69) is 27.8 Å². The van der Waals surface area contributed by atoms with Crippen molar-refractivity contribution in [1.29, 1.82) is 0 Å². The standard InChI is InChI=1S/C8H15N5/c1-6-3-4-7(5-6)9-8-10-11-12-13(8)2/h6-7H,3-5H2,1-2H3,(H,9,10,12). The van der Waals surface area contributed by atoms with Crippen molar-refractivity contribution in [2.24, 2.45) is 13.0 Å². The molecule has 2 rings (SSSR count). The monoisotopic (exact) mass is 181 g/mol. The van der Waals surface area contributed by atoms with Gasteiger partial charge in [0, 0.05) is 13.1 Å². The molecule has 0 saturated heterocycles. The van der Waals surface area contributed by atoms with Crippen LogP contribution in [-0.2, 0) is 7.05 Å². The first-order chi connectivity index (χ1) is 6.25. The lowest BCUT2D eigenvalue weighted by molar-refractivity contribution is 0.600. The molecule has 5 nitrogen and oxygen atoms in total. The van der Waals surface area contributed by atoms with E-state index in [4.69, 9.17) is 0 Å². The number of aryl methyl sites for hydroxylation is 1. The molecular formula is C8H15N5. The lowest BCUT2D eigenvalue weighted by atomic mass is 10.1. The first-order valence-electron chi connectivity index (χ1n) is 4.74. The highest BCUT2D eigenvalue weighted by Gasteiger charge is 2.22. The number of tetrazole rings is 1. The number of anilines is 1. The van der Waals surface area contributed by atoms with E-state index in [0.717, 1.165) is 11.9 Å². The molecule has 0 aliphatic heterocycles. The van der Waals surface area contributed by atoms with Gasteiger partial charge in [-0.1, -0.05) is 12.0 Å². The molecule has 72 valence electrons. The molecular weight excluding hydrogens is 166 g/mol. The zero-order valence-corrected chi connectivity index (χ0v) is 8.06. The van der Waals surface area contributed by atoms with Gasteiger partial charge in [-0.05, 0) is 35.6 Å². The summed E-state index contributed by atoms with van der Waals surface area (Å²) in [5, 5.41) is 14.6. The van der Waals surface area contributed by atoms with E-state index >= 15 is 0 Å². The predicted molar refractivity (Wildman–Crippen MR) is 49.2 cm³/mol. The second-order valence-electron chi connectivity index (χ2n) is 3.89. The Kier molecular flexibility index (Phi) is 2.16. The van der Waals surface area contributed by atoms with Crippen LogP contribution in [0.1, 0.15) is 26.2 Å². The van der Waals surface area contributed by atoms with Gasteiger partial charge in [-0.25, -0.2) is 4.68 Å². The Bertz CT molecular complexity index is 282. The second kappa shape index (κ2) is 3.32. The number of aromatic nitrogens is 4. The summed E-state index contributed by atoms with van der Waals surface area (Å²) in [4.78, 5) is 0. The number of hydrogen-bond acceptors (Lipinski definition) is 4. The molecule has 5 heteroatoms. The summed E-state index contributed by atoms with van der Waals surface area (Å²) < 4.78 is 1.67. The summed E-state index contributed by atoms with van der Waals surface area (Å²) in [6.45, 7) is 2.29. The van der Waals surface area contributed by atoms with Crippen LogP contribution in [-0.4, -0.2) is 26.2 Å². The van der Waals surface area contributed by atoms with Crippen molar-refractivity contribution in [2.75, 3.05) is 5.32 Å². The van der Waals surface area contributed by atoms with Gasteiger partial charge in [-0.2, -0.15) is 0 Å². The van der Waals surface area contributed by atoms with E-state index in [9.17, 15) is 0 Å². The number of hydrogen-bond donors (Lipinski definition) is 1. The molecule has 1 saturated carbocycles. The molecule has 0 amide bonds. The highest BCUT2D eigenvalue weighted by Crippen LogP contribution is 2.26. The Balaban J connectivity index is 1.95. The maximum absolute atomic E-state index is 3.90. The van der Waals surface area contributed by atoms with E-state index in [1.54, 1.807) is 4.68 Å². The van der Waals surface area contributed by atoms with Gasteiger partial charge in [-0.3, -0.25) is 0 Å².